The predicted molar refractivity (Wildman–Crippen MR) is 109 cm³/mol. The molecule has 140 valence electrons. The summed E-state index contributed by atoms with van der Waals surface area (Å²) in [5.74, 6) is 1.23. The molecule has 0 spiro atoms. The van der Waals surface area contributed by atoms with Gasteiger partial charge in [0.15, 0.2) is 0 Å². The van der Waals surface area contributed by atoms with Crippen molar-refractivity contribution in [3.63, 3.8) is 0 Å². The van der Waals surface area contributed by atoms with Gasteiger partial charge in [0.05, 0.1) is 0 Å². The summed E-state index contributed by atoms with van der Waals surface area (Å²) in [5, 5.41) is 18.4. The van der Waals surface area contributed by atoms with E-state index in [1.807, 2.05) is 43.2 Å². The summed E-state index contributed by atoms with van der Waals surface area (Å²) in [7, 11) is 5.77. The van der Waals surface area contributed by atoms with Gasteiger partial charge >= 0.3 is 11.9 Å². The van der Waals surface area contributed by atoms with Crippen molar-refractivity contribution in [2.24, 2.45) is 0 Å². The van der Waals surface area contributed by atoms with Crippen LogP contribution in [0.2, 0.25) is 0 Å². The Morgan fingerprint density at radius 2 is 1.42 bits per heavy atom. The first-order valence-corrected chi connectivity index (χ1v) is 13.3. The maximum atomic E-state index is 10.2. The summed E-state index contributed by atoms with van der Waals surface area (Å²) in [4.78, 5) is 20.4. The van der Waals surface area contributed by atoms with Crippen LogP contribution in [-0.2, 0) is 9.59 Å². The molecule has 0 radical (unpaired) electrons. The largest absolute Gasteiger partial charge is 0.481 e. The Kier molecular flexibility index (Phi) is 13.5. The molecular weight excluding hydrogens is 384 g/mol. The number of thioether (sulfide) groups is 1. The zero-order valence-electron chi connectivity index (χ0n) is 14.0. The molecule has 8 heteroatoms. The smallest absolute Gasteiger partial charge is 0.303 e. The Bertz CT molecular complexity index is 358. The number of carboxylic acids is 2. The monoisotopic (exact) mass is 412 g/mol. The lowest BCUT2D eigenvalue weighted by atomic mass is 10.1. The van der Waals surface area contributed by atoms with Crippen molar-refractivity contribution in [1.29, 1.82) is 0 Å². The van der Waals surface area contributed by atoms with Crippen LogP contribution in [0.5, 0.6) is 0 Å². The minimum atomic E-state index is -0.666. The van der Waals surface area contributed by atoms with E-state index in [1.165, 1.54) is 37.2 Å². The van der Waals surface area contributed by atoms with Gasteiger partial charge in [-0.05, 0) is 54.1 Å². The van der Waals surface area contributed by atoms with Gasteiger partial charge in [-0.2, -0.15) is 11.8 Å². The molecule has 2 aliphatic heterocycles. The van der Waals surface area contributed by atoms with E-state index >= 15 is 0 Å². The maximum absolute atomic E-state index is 10.2. The van der Waals surface area contributed by atoms with Crippen molar-refractivity contribution in [3.05, 3.63) is 0 Å². The van der Waals surface area contributed by atoms with E-state index in [1.54, 1.807) is 0 Å². The number of hydrogen-bond acceptors (Lipinski definition) is 6. The molecule has 0 aromatic rings. The fourth-order valence-corrected chi connectivity index (χ4v) is 8.17. The maximum Gasteiger partial charge on any atom is 0.303 e. The van der Waals surface area contributed by atoms with Crippen LogP contribution in [0.4, 0.5) is 0 Å². The van der Waals surface area contributed by atoms with E-state index in [2.05, 4.69) is 0 Å². The molecule has 2 aliphatic rings. The Hall–Kier alpha value is 0.340. The molecule has 0 amide bonds. The summed E-state index contributed by atoms with van der Waals surface area (Å²) in [5.41, 5.74) is 0. The quantitative estimate of drug-likeness (QED) is 0.356. The Morgan fingerprint density at radius 1 is 0.833 bits per heavy atom. The van der Waals surface area contributed by atoms with Crippen molar-refractivity contribution in [2.45, 2.75) is 74.7 Å². The summed E-state index contributed by atoms with van der Waals surface area (Å²) < 4.78 is 0. The van der Waals surface area contributed by atoms with Crippen LogP contribution in [0.3, 0.4) is 0 Å². The number of rotatable bonds is 10. The second kappa shape index (κ2) is 14.5. The molecule has 2 heterocycles. The average molecular weight is 413 g/mol. The van der Waals surface area contributed by atoms with Crippen LogP contribution >= 0.6 is 43.2 Å². The third kappa shape index (κ3) is 12.7. The van der Waals surface area contributed by atoms with Gasteiger partial charge in [-0.3, -0.25) is 9.59 Å². The minimum absolute atomic E-state index is 0.333. The molecule has 2 unspecified atom stereocenters. The van der Waals surface area contributed by atoms with Crippen molar-refractivity contribution >= 4 is 55.1 Å². The third-order valence-corrected chi connectivity index (χ3v) is 10.0. The van der Waals surface area contributed by atoms with Gasteiger partial charge in [-0.25, -0.2) is 0 Å². The molecule has 0 aromatic carbocycles. The van der Waals surface area contributed by atoms with Gasteiger partial charge in [0.25, 0.3) is 0 Å². The van der Waals surface area contributed by atoms with E-state index < -0.39 is 11.9 Å². The molecule has 0 aromatic heterocycles. The number of aliphatic carboxylic acids is 2. The molecule has 0 bridgehead atoms. The lowest BCUT2D eigenvalue weighted by molar-refractivity contribution is -0.138. The van der Waals surface area contributed by atoms with Crippen LogP contribution in [-0.4, -0.2) is 44.2 Å². The molecule has 2 saturated heterocycles. The summed E-state index contributed by atoms with van der Waals surface area (Å²) >= 11 is 2.02. The highest BCUT2D eigenvalue weighted by Gasteiger charge is 2.17. The number of carbonyl (C=O) groups is 2. The molecule has 2 N–H and O–H groups in total. The van der Waals surface area contributed by atoms with Crippen molar-refractivity contribution in [1.82, 2.24) is 0 Å². The molecule has 0 saturated carbocycles. The van der Waals surface area contributed by atoms with Crippen molar-refractivity contribution in [2.75, 3.05) is 11.5 Å². The number of unbranched alkanes of at least 4 members (excludes halogenated alkanes) is 2. The molecule has 2 fully saturated rings. The van der Waals surface area contributed by atoms with Crippen molar-refractivity contribution in [3.8, 4) is 0 Å². The fourth-order valence-electron chi connectivity index (χ4n) is 2.35. The Labute approximate surface area is 160 Å². The van der Waals surface area contributed by atoms with Gasteiger partial charge in [0.2, 0.25) is 0 Å². The van der Waals surface area contributed by atoms with E-state index in [0.717, 1.165) is 36.2 Å². The topological polar surface area (TPSA) is 74.6 Å². The first-order valence-electron chi connectivity index (χ1n) is 8.58. The molecular formula is C16H28O4S4. The van der Waals surface area contributed by atoms with Gasteiger partial charge in [0, 0.05) is 29.1 Å². The van der Waals surface area contributed by atoms with Gasteiger partial charge < -0.3 is 10.2 Å². The fraction of sp³-hybridized carbons (Fsp3) is 0.875. The minimum Gasteiger partial charge on any atom is -0.481 e. The second-order valence-electron chi connectivity index (χ2n) is 5.96. The van der Waals surface area contributed by atoms with E-state index in [4.69, 9.17) is 10.2 Å². The molecule has 2 atom stereocenters. The van der Waals surface area contributed by atoms with Crippen LogP contribution in [0.15, 0.2) is 0 Å². The van der Waals surface area contributed by atoms with Crippen LogP contribution in [0, 0.1) is 0 Å². The summed E-state index contributed by atoms with van der Waals surface area (Å²) in [6.07, 6.45) is 9.56. The summed E-state index contributed by atoms with van der Waals surface area (Å²) in [6.45, 7) is 0. The number of hydrogen-bond donors (Lipinski definition) is 2. The highest BCUT2D eigenvalue weighted by Crippen LogP contribution is 2.45. The van der Waals surface area contributed by atoms with E-state index in [-0.39, 0.29) is 0 Å². The van der Waals surface area contributed by atoms with Crippen molar-refractivity contribution < 1.29 is 19.8 Å². The lowest BCUT2D eigenvalue weighted by Crippen LogP contribution is -2.14. The van der Waals surface area contributed by atoms with Crippen LogP contribution in [0.25, 0.3) is 0 Å². The standard InChI is InChI=1S/C8H14O2S3.C8H14O2S/c9-8(10)4-2-1-3-7-5-6-11-13-12-7;9-8(10)4-2-1-3-7-5-6-11-7/h7H,1-6H2,(H,9,10);7H,1-6H2,(H,9,10). The first kappa shape index (κ1) is 22.4. The van der Waals surface area contributed by atoms with E-state index in [0.29, 0.717) is 12.8 Å². The van der Waals surface area contributed by atoms with Crippen LogP contribution < -0.4 is 0 Å². The highest BCUT2D eigenvalue weighted by molar-refractivity contribution is 9.09. The summed E-state index contributed by atoms with van der Waals surface area (Å²) in [6, 6.07) is 0. The third-order valence-electron chi connectivity index (χ3n) is 3.87. The molecule has 24 heavy (non-hydrogen) atoms. The Balaban J connectivity index is 0.000000243. The first-order chi connectivity index (χ1) is 11.6. The second-order valence-corrected chi connectivity index (χ2v) is 11.9. The van der Waals surface area contributed by atoms with E-state index in [9.17, 15) is 9.59 Å². The number of carboxylic acid groups (broad SMARTS) is 2. The zero-order chi connectivity index (χ0) is 17.6. The highest BCUT2D eigenvalue weighted by atomic mass is 33.5. The average Bonchev–Trinajstić information content (AvgIpc) is 2.51. The zero-order valence-corrected chi connectivity index (χ0v) is 17.2. The Morgan fingerprint density at radius 3 is 1.83 bits per heavy atom. The van der Waals surface area contributed by atoms with Gasteiger partial charge in [-0.15, -0.1) is 0 Å². The normalized spacial score (nSPS) is 22.8. The molecule has 0 aliphatic carbocycles. The SMILES string of the molecule is O=C(O)CCCCC1CCS1.O=C(O)CCCCC1CCSSS1. The van der Waals surface area contributed by atoms with Gasteiger partial charge in [0.1, 0.15) is 0 Å². The van der Waals surface area contributed by atoms with Crippen LogP contribution in [0.1, 0.15) is 64.2 Å². The predicted octanol–water partition coefficient (Wildman–Crippen LogP) is 5.57. The lowest BCUT2D eigenvalue weighted by Gasteiger charge is -2.24. The molecule has 2 rings (SSSR count). The van der Waals surface area contributed by atoms with Gasteiger partial charge in [-0.1, -0.05) is 34.4 Å². The molecule has 4 nitrogen and oxygen atoms in total.